The molecule has 0 saturated heterocycles. The highest BCUT2D eigenvalue weighted by molar-refractivity contribution is 7.88. The van der Waals surface area contributed by atoms with E-state index in [-0.39, 0.29) is 17.6 Å². The molecular weight excluding hydrogens is 314 g/mol. The van der Waals surface area contributed by atoms with E-state index in [9.17, 15) is 13.2 Å². The number of hydrogen-bond donors (Lipinski definition) is 2. The van der Waals surface area contributed by atoms with Crippen molar-refractivity contribution >= 4 is 27.5 Å². The Morgan fingerprint density at radius 3 is 2.52 bits per heavy atom. The van der Waals surface area contributed by atoms with Crippen LogP contribution in [-0.2, 0) is 16.4 Å². The van der Waals surface area contributed by atoms with E-state index >= 15 is 0 Å². The first-order valence-corrected chi connectivity index (χ1v) is 8.73. The van der Waals surface area contributed by atoms with Crippen molar-refractivity contribution in [3.63, 3.8) is 0 Å². The maximum Gasteiger partial charge on any atom is 0.251 e. The molecular formula is C13H20ClN3O3S. The molecule has 0 radical (unpaired) electrons. The maximum atomic E-state index is 12.1. The van der Waals surface area contributed by atoms with Gasteiger partial charge in [0, 0.05) is 23.3 Å². The summed E-state index contributed by atoms with van der Waals surface area (Å²) >= 11 is 5.87. The number of carbonyl (C=O) groups excluding carboxylic acids is 1. The van der Waals surface area contributed by atoms with Crippen LogP contribution in [0.3, 0.4) is 0 Å². The molecule has 1 amide bonds. The third-order valence-corrected chi connectivity index (χ3v) is 3.74. The van der Waals surface area contributed by atoms with Gasteiger partial charge in [0.2, 0.25) is 10.0 Å². The number of amides is 1. The van der Waals surface area contributed by atoms with Crippen LogP contribution in [0.25, 0.3) is 0 Å². The SMILES string of the molecule is CCc1cc(C(=O)NCC(C)(C)NS(C)(=O)=O)cc(Cl)n1. The molecule has 2 N–H and O–H groups in total. The van der Waals surface area contributed by atoms with Crippen LogP contribution in [0.15, 0.2) is 12.1 Å². The number of aryl methyl sites for hydroxylation is 1. The number of pyridine rings is 1. The van der Waals surface area contributed by atoms with Crippen molar-refractivity contribution < 1.29 is 13.2 Å². The molecule has 0 aromatic carbocycles. The lowest BCUT2D eigenvalue weighted by Crippen LogP contribution is -2.51. The van der Waals surface area contributed by atoms with Gasteiger partial charge in [-0.25, -0.2) is 18.1 Å². The van der Waals surface area contributed by atoms with Gasteiger partial charge in [-0.2, -0.15) is 0 Å². The third-order valence-electron chi connectivity index (χ3n) is 2.62. The second-order valence-corrected chi connectivity index (χ2v) is 7.60. The Balaban J connectivity index is 2.76. The van der Waals surface area contributed by atoms with Crippen LogP contribution in [0.5, 0.6) is 0 Å². The number of aromatic nitrogens is 1. The molecule has 0 spiro atoms. The second kappa shape index (κ2) is 6.72. The lowest BCUT2D eigenvalue weighted by atomic mass is 10.1. The molecule has 6 nitrogen and oxygen atoms in total. The van der Waals surface area contributed by atoms with Crippen molar-refractivity contribution in [2.24, 2.45) is 0 Å². The van der Waals surface area contributed by atoms with E-state index in [4.69, 9.17) is 11.6 Å². The monoisotopic (exact) mass is 333 g/mol. The van der Waals surface area contributed by atoms with Crippen molar-refractivity contribution in [3.8, 4) is 0 Å². The highest BCUT2D eigenvalue weighted by atomic mass is 35.5. The number of nitrogens with one attached hydrogen (secondary N) is 2. The Bertz CT molecular complexity index is 630. The Hall–Kier alpha value is -1.18. The van der Waals surface area contributed by atoms with E-state index in [0.717, 1.165) is 11.9 Å². The Kier molecular flexibility index (Phi) is 5.72. The molecule has 8 heteroatoms. The highest BCUT2D eigenvalue weighted by Crippen LogP contribution is 2.12. The first-order valence-electron chi connectivity index (χ1n) is 6.46. The van der Waals surface area contributed by atoms with Crippen LogP contribution in [0, 0.1) is 0 Å². The fourth-order valence-electron chi connectivity index (χ4n) is 1.80. The second-order valence-electron chi connectivity index (χ2n) is 5.46. The minimum absolute atomic E-state index is 0.153. The van der Waals surface area contributed by atoms with Gasteiger partial charge in [0.05, 0.1) is 6.26 Å². The van der Waals surface area contributed by atoms with Crippen molar-refractivity contribution in [2.45, 2.75) is 32.7 Å². The first-order chi connectivity index (χ1) is 9.52. The van der Waals surface area contributed by atoms with Gasteiger partial charge in [-0.1, -0.05) is 18.5 Å². The number of sulfonamides is 1. The molecule has 0 aliphatic heterocycles. The van der Waals surface area contributed by atoms with E-state index in [1.807, 2.05) is 6.92 Å². The predicted octanol–water partition coefficient (Wildman–Crippen LogP) is 1.35. The van der Waals surface area contributed by atoms with Crippen LogP contribution in [0.1, 0.15) is 36.8 Å². The van der Waals surface area contributed by atoms with Gasteiger partial charge in [0.15, 0.2) is 0 Å². The Morgan fingerprint density at radius 2 is 2.00 bits per heavy atom. The van der Waals surface area contributed by atoms with E-state index in [1.54, 1.807) is 19.9 Å². The summed E-state index contributed by atoms with van der Waals surface area (Å²) in [6, 6.07) is 3.14. The smallest absolute Gasteiger partial charge is 0.251 e. The highest BCUT2D eigenvalue weighted by Gasteiger charge is 2.23. The number of hydrogen-bond acceptors (Lipinski definition) is 4. The molecule has 1 rings (SSSR count). The molecule has 1 aromatic heterocycles. The molecule has 118 valence electrons. The number of carbonyl (C=O) groups is 1. The van der Waals surface area contributed by atoms with Gasteiger partial charge in [-0.3, -0.25) is 4.79 Å². The zero-order valence-corrected chi connectivity index (χ0v) is 14.1. The summed E-state index contributed by atoms with van der Waals surface area (Å²) in [6.45, 7) is 5.44. The van der Waals surface area contributed by atoms with Crippen molar-refractivity contribution in [2.75, 3.05) is 12.8 Å². The van der Waals surface area contributed by atoms with Crippen LogP contribution in [0.2, 0.25) is 5.15 Å². The molecule has 0 saturated carbocycles. The molecule has 21 heavy (non-hydrogen) atoms. The minimum Gasteiger partial charge on any atom is -0.350 e. The predicted molar refractivity (Wildman–Crippen MR) is 83.0 cm³/mol. The van der Waals surface area contributed by atoms with Gasteiger partial charge < -0.3 is 5.32 Å². The Labute approximate surface area is 130 Å². The summed E-state index contributed by atoms with van der Waals surface area (Å²) in [7, 11) is -3.34. The van der Waals surface area contributed by atoms with Gasteiger partial charge in [-0.05, 0) is 32.4 Å². The van der Waals surface area contributed by atoms with Gasteiger partial charge in [0.1, 0.15) is 5.15 Å². The van der Waals surface area contributed by atoms with Gasteiger partial charge >= 0.3 is 0 Å². The lowest BCUT2D eigenvalue weighted by molar-refractivity contribution is 0.0944. The summed E-state index contributed by atoms with van der Waals surface area (Å²) in [5, 5.41) is 2.95. The number of nitrogens with zero attached hydrogens (tertiary/aromatic N) is 1. The summed E-state index contributed by atoms with van der Waals surface area (Å²) in [4.78, 5) is 16.2. The first kappa shape index (κ1) is 17.9. The van der Waals surface area contributed by atoms with Crippen LogP contribution >= 0.6 is 11.6 Å². The van der Waals surface area contributed by atoms with Crippen molar-refractivity contribution in [1.82, 2.24) is 15.0 Å². The third kappa shape index (κ3) is 6.41. The van der Waals surface area contributed by atoms with E-state index in [0.29, 0.717) is 12.0 Å². The lowest BCUT2D eigenvalue weighted by Gasteiger charge is -2.25. The maximum absolute atomic E-state index is 12.1. The quantitative estimate of drug-likeness (QED) is 0.769. The molecule has 1 heterocycles. The van der Waals surface area contributed by atoms with Crippen LogP contribution in [0.4, 0.5) is 0 Å². The average molecular weight is 334 g/mol. The van der Waals surface area contributed by atoms with Crippen molar-refractivity contribution in [1.29, 1.82) is 0 Å². The standard InChI is InChI=1S/C13H20ClN3O3S/c1-5-10-6-9(7-11(14)16-10)12(18)15-8-13(2,3)17-21(4,19)20/h6-7,17H,5,8H2,1-4H3,(H,15,18). The molecule has 0 aliphatic carbocycles. The minimum atomic E-state index is -3.34. The molecule has 0 atom stereocenters. The van der Waals surface area contributed by atoms with Crippen LogP contribution < -0.4 is 10.0 Å². The fraction of sp³-hybridized carbons (Fsp3) is 0.538. The zero-order valence-electron chi connectivity index (χ0n) is 12.5. The normalized spacial score (nSPS) is 12.2. The molecule has 0 fully saturated rings. The summed E-state index contributed by atoms with van der Waals surface area (Å²) in [5.41, 5.74) is 0.344. The van der Waals surface area contributed by atoms with Crippen LogP contribution in [-0.4, -0.2) is 37.6 Å². The number of halogens is 1. The summed E-state index contributed by atoms with van der Waals surface area (Å²) < 4.78 is 24.9. The van der Waals surface area contributed by atoms with Gasteiger partial charge in [0.25, 0.3) is 5.91 Å². The van der Waals surface area contributed by atoms with Gasteiger partial charge in [-0.15, -0.1) is 0 Å². The molecule has 1 aromatic rings. The summed E-state index contributed by atoms with van der Waals surface area (Å²) in [6.07, 6.45) is 1.74. The topological polar surface area (TPSA) is 88.2 Å². The molecule has 0 bridgehead atoms. The average Bonchev–Trinajstić information content (AvgIpc) is 2.32. The largest absolute Gasteiger partial charge is 0.350 e. The molecule has 0 unspecified atom stereocenters. The zero-order chi connectivity index (χ0) is 16.3. The molecule has 0 aliphatic rings. The number of rotatable bonds is 6. The fourth-order valence-corrected chi connectivity index (χ4v) is 3.11. The van der Waals surface area contributed by atoms with E-state index in [2.05, 4.69) is 15.0 Å². The van der Waals surface area contributed by atoms with E-state index < -0.39 is 15.6 Å². The summed E-state index contributed by atoms with van der Waals surface area (Å²) in [5.74, 6) is -0.322. The van der Waals surface area contributed by atoms with Crippen molar-refractivity contribution in [3.05, 3.63) is 28.5 Å². The Morgan fingerprint density at radius 1 is 1.38 bits per heavy atom. The van der Waals surface area contributed by atoms with E-state index in [1.165, 1.54) is 6.07 Å².